The van der Waals surface area contributed by atoms with E-state index in [4.69, 9.17) is 4.74 Å². The molecule has 1 N–H and O–H groups in total. The van der Waals surface area contributed by atoms with Gasteiger partial charge in [0.2, 0.25) is 0 Å². The minimum atomic E-state index is -0.187. The minimum Gasteiger partial charge on any atom is -0.383 e. The Morgan fingerprint density at radius 3 is 2.56 bits per heavy atom. The van der Waals surface area contributed by atoms with E-state index in [9.17, 15) is 4.39 Å². The average Bonchev–Trinajstić information content (AvgIpc) is 2.29. The van der Waals surface area contributed by atoms with Crippen molar-refractivity contribution in [2.45, 2.75) is 25.8 Å². The second-order valence-corrected chi connectivity index (χ2v) is 3.94. The van der Waals surface area contributed by atoms with E-state index in [-0.39, 0.29) is 5.82 Å². The summed E-state index contributed by atoms with van der Waals surface area (Å²) in [5.41, 5.74) is 1.13. The number of halogens is 1. The molecule has 0 aliphatic rings. The summed E-state index contributed by atoms with van der Waals surface area (Å²) in [4.78, 5) is 0. The fourth-order valence-electron chi connectivity index (χ4n) is 1.64. The molecule has 1 aromatic rings. The zero-order valence-electron chi connectivity index (χ0n) is 10.0. The highest BCUT2D eigenvalue weighted by atomic mass is 19.1. The van der Waals surface area contributed by atoms with Crippen LogP contribution in [0.4, 0.5) is 4.39 Å². The molecule has 0 aromatic heterocycles. The van der Waals surface area contributed by atoms with Crippen LogP contribution in [-0.4, -0.2) is 26.3 Å². The standard InChI is InChI=1S/C13H20FNO/c1-3-8-15-13(10-16-2)9-11-4-6-12(14)7-5-11/h4-7,13,15H,3,8-10H2,1-2H3. The van der Waals surface area contributed by atoms with Gasteiger partial charge < -0.3 is 10.1 Å². The van der Waals surface area contributed by atoms with Gasteiger partial charge in [0, 0.05) is 13.2 Å². The molecule has 0 aliphatic heterocycles. The Bertz CT molecular complexity index is 286. The van der Waals surface area contributed by atoms with Gasteiger partial charge in [0.25, 0.3) is 0 Å². The van der Waals surface area contributed by atoms with Crippen molar-refractivity contribution < 1.29 is 9.13 Å². The second kappa shape index (κ2) is 7.36. The van der Waals surface area contributed by atoms with E-state index in [2.05, 4.69) is 12.2 Å². The van der Waals surface area contributed by atoms with Crippen molar-refractivity contribution in [3.63, 3.8) is 0 Å². The fraction of sp³-hybridized carbons (Fsp3) is 0.538. The first-order chi connectivity index (χ1) is 7.76. The Hall–Kier alpha value is -0.930. The molecular formula is C13H20FNO. The summed E-state index contributed by atoms with van der Waals surface area (Å²) in [6.45, 7) is 3.79. The predicted molar refractivity (Wildman–Crippen MR) is 64.1 cm³/mol. The molecular weight excluding hydrogens is 205 g/mol. The van der Waals surface area contributed by atoms with Gasteiger partial charge in [-0.25, -0.2) is 4.39 Å². The van der Waals surface area contributed by atoms with Gasteiger partial charge in [-0.1, -0.05) is 19.1 Å². The Kier molecular flexibility index (Phi) is 6.04. The minimum absolute atomic E-state index is 0.187. The van der Waals surface area contributed by atoms with Gasteiger partial charge in [0.15, 0.2) is 0 Å². The zero-order valence-corrected chi connectivity index (χ0v) is 10.0. The van der Waals surface area contributed by atoms with Crippen molar-refractivity contribution in [3.05, 3.63) is 35.6 Å². The molecule has 1 unspecified atom stereocenters. The molecule has 0 bridgehead atoms. The summed E-state index contributed by atoms with van der Waals surface area (Å²) >= 11 is 0. The van der Waals surface area contributed by atoms with Crippen LogP contribution in [0.25, 0.3) is 0 Å². The van der Waals surface area contributed by atoms with E-state index in [1.54, 1.807) is 7.11 Å². The molecule has 0 saturated carbocycles. The first kappa shape index (κ1) is 13.1. The van der Waals surface area contributed by atoms with Gasteiger partial charge in [-0.3, -0.25) is 0 Å². The fourth-order valence-corrected chi connectivity index (χ4v) is 1.64. The van der Waals surface area contributed by atoms with Crippen LogP contribution >= 0.6 is 0 Å². The highest BCUT2D eigenvalue weighted by Gasteiger charge is 2.08. The number of ether oxygens (including phenoxy) is 1. The van der Waals surface area contributed by atoms with Crippen LogP contribution in [-0.2, 0) is 11.2 Å². The monoisotopic (exact) mass is 225 g/mol. The summed E-state index contributed by atoms with van der Waals surface area (Å²) < 4.78 is 17.9. The number of nitrogens with one attached hydrogen (secondary N) is 1. The Labute approximate surface area is 96.8 Å². The summed E-state index contributed by atoms with van der Waals surface area (Å²) in [5.74, 6) is -0.187. The maximum absolute atomic E-state index is 12.7. The third kappa shape index (κ3) is 4.73. The van der Waals surface area contributed by atoms with Crippen molar-refractivity contribution in [2.24, 2.45) is 0 Å². The van der Waals surface area contributed by atoms with Crippen LogP contribution in [0.1, 0.15) is 18.9 Å². The zero-order chi connectivity index (χ0) is 11.8. The molecule has 0 amide bonds. The first-order valence-electron chi connectivity index (χ1n) is 5.73. The molecule has 0 saturated heterocycles. The molecule has 90 valence electrons. The van der Waals surface area contributed by atoms with Crippen molar-refractivity contribution in [2.75, 3.05) is 20.3 Å². The smallest absolute Gasteiger partial charge is 0.123 e. The predicted octanol–water partition coefficient (Wildman–Crippen LogP) is 2.38. The van der Waals surface area contributed by atoms with Gasteiger partial charge in [-0.15, -0.1) is 0 Å². The van der Waals surface area contributed by atoms with Crippen LogP contribution in [0.2, 0.25) is 0 Å². The van der Waals surface area contributed by atoms with Gasteiger partial charge in [-0.05, 0) is 37.1 Å². The molecule has 16 heavy (non-hydrogen) atoms. The SMILES string of the molecule is CCCNC(COC)Cc1ccc(F)cc1. The molecule has 1 atom stereocenters. The van der Waals surface area contributed by atoms with Gasteiger partial charge >= 0.3 is 0 Å². The molecule has 0 heterocycles. The lowest BCUT2D eigenvalue weighted by Crippen LogP contribution is -2.35. The van der Waals surface area contributed by atoms with Crippen LogP contribution in [0.3, 0.4) is 0 Å². The third-order valence-corrected chi connectivity index (χ3v) is 2.45. The molecule has 2 nitrogen and oxygen atoms in total. The Morgan fingerprint density at radius 2 is 2.00 bits per heavy atom. The van der Waals surface area contributed by atoms with Crippen molar-refractivity contribution in [3.8, 4) is 0 Å². The summed E-state index contributed by atoms with van der Waals surface area (Å²) in [6, 6.07) is 6.95. The lowest BCUT2D eigenvalue weighted by atomic mass is 10.1. The average molecular weight is 225 g/mol. The van der Waals surface area contributed by atoms with Gasteiger partial charge in [0.1, 0.15) is 5.82 Å². The van der Waals surface area contributed by atoms with E-state index in [1.165, 1.54) is 12.1 Å². The lowest BCUT2D eigenvalue weighted by molar-refractivity contribution is 0.166. The Balaban J connectivity index is 2.49. The lowest BCUT2D eigenvalue weighted by Gasteiger charge is -2.17. The number of hydrogen-bond acceptors (Lipinski definition) is 2. The van der Waals surface area contributed by atoms with Crippen molar-refractivity contribution >= 4 is 0 Å². The van der Waals surface area contributed by atoms with E-state index >= 15 is 0 Å². The third-order valence-electron chi connectivity index (χ3n) is 2.45. The van der Waals surface area contributed by atoms with Gasteiger partial charge in [-0.2, -0.15) is 0 Å². The topological polar surface area (TPSA) is 21.3 Å². The molecule has 1 aromatic carbocycles. The number of benzene rings is 1. The Morgan fingerprint density at radius 1 is 1.31 bits per heavy atom. The number of hydrogen-bond donors (Lipinski definition) is 1. The first-order valence-corrected chi connectivity index (χ1v) is 5.73. The summed E-state index contributed by atoms with van der Waals surface area (Å²) in [7, 11) is 1.70. The molecule has 0 aliphatic carbocycles. The highest BCUT2D eigenvalue weighted by Crippen LogP contribution is 2.06. The molecule has 0 radical (unpaired) electrons. The number of rotatable bonds is 7. The largest absolute Gasteiger partial charge is 0.383 e. The van der Waals surface area contributed by atoms with Crippen LogP contribution in [0.15, 0.2) is 24.3 Å². The van der Waals surface area contributed by atoms with Crippen LogP contribution < -0.4 is 5.32 Å². The van der Waals surface area contributed by atoms with Crippen molar-refractivity contribution in [1.29, 1.82) is 0 Å². The van der Waals surface area contributed by atoms with E-state index in [1.807, 2.05) is 12.1 Å². The maximum atomic E-state index is 12.7. The highest BCUT2D eigenvalue weighted by molar-refractivity contribution is 5.17. The summed E-state index contributed by atoms with van der Waals surface area (Å²) in [6.07, 6.45) is 1.97. The molecule has 1 rings (SSSR count). The van der Waals surface area contributed by atoms with Crippen LogP contribution in [0.5, 0.6) is 0 Å². The second-order valence-electron chi connectivity index (χ2n) is 3.94. The normalized spacial score (nSPS) is 12.7. The molecule has 3 heteroatoms. The number of methoxy groups -OCH3 is 1. The molecule has 0 spiro atoms. The quantitative estimate of drug-likeness (QED) is 0.769. The maximum Gasteiger partial charge on any atom is 0.123 e. The van der Waals surface area contributed by atoms with E-state index in [0.29, 0.717) is 12.6 Å². The summed E-state index contributed by atoms with van der Waals surface area (Å²) in [5, 5.41) is 3.41. The van der Waals surface area contributed by atoms with E-state index < -0.39 is 0 Å². The van der Waals surface area contributed by atoms with Gasteiger partial charge in [0.05, 0.1) is 6.61 Å². The van der Waals surface area contributed by atoms with E-state index in [0.717, 1.165) is 24.9 Å². The molecule has 0 fully saturated rings. The van der Waals surface area contributed by atoms with Crippen molar-refractivity contribution in [1.82, 2.24) is 5.32 Å². The van der Waals surface area contributed by atoms with Crippen LogP contribution in [0, 0.1) is 5.82 Å².